The Hall–Kier alpha value is -2.77. The van der Waals surface area contributed by atoms with Crippen LogP contribution in [-0.2, 0) is 11.0 Å². The van der Waals surface area contributed by atoms with Gasteiger partial charge >= 0.3 is 18.5 Å². The molecule has 0 spiro atoms. The minimum Gasteiger partial charge on any atom is -0.342 e. The quantitative estimate of drug-likeness (QED) is 0.175. The van der Waals surface area contributed by atoms with Gasteiger partial charge in [0.25, 0.3) is 5.91 Å². The highest BCUT2D eigenvalue weighted by molar-refractivity contribution is 6.48. The number of nitrogens with one attached hydrogen (secondary N) is 1. The Morgan fingerprint density at radius 1 is 0.927 bits per heavy atom. The molecule has 0 bridgehead atoms. The maximum Gasteiger partial charge on any atom is 0.417 e. The van der Waals surface area contributed by atoms with Crippen LogP contribution >= 0.6 is 34.8 Å². The molecule has 2 unspecified atom stereocenters. The molecular weight excluding hydrogens is 643 g/mol. The first-order chi connectivity index (χ1) is 18.6. The topological polar surface area (TPSA) is 46.2 Å². The first-order valence-corrected chi connectivity index (χ1v) is 12.1. The van der Waals surface area contributed by atoms with Gasteiger partial charge in [-0.15, -0.1) is 0 Å². The van der Waals surface area contributed by atoms with Crippen LogP contribution in [0.25, 0.3) is 5.83 Å². The summed E-state index contributed by atoms with van der Waals surface area (Å²) in [5.74, 6) is -7.03. The van der Waals surface area contributed by atoms with Crippen LogP contribution in [0.3, 0.4) is 0 Å². The Kier molecular flexibility index (Phi) is 10.9. The molecule has 0 fully saturated rings. The van der Waals surface area contributed by atoms with Crippen LogP contribution in [0.15, 0.2) is 48.6 Å². The van der Waals surface area contributed by atoms with E-state index in [1.165, 1.54) is 0 Å². The summed E-state index contributed by atoms with van der Waals surface area (Å²) in [6.45, 7) is 0.995. The lowest BCUT2D eigenvalue weighted by molar-refractivity contribution is -0.140. The zero-order valence-corrected chi connectivity index (χ0v) is 22.5. The molecule has 0 aliphatic rings. The van der Waals surface area contributed by atoms with Gasteiger partial charge in [0.15, 0.2) is 5.78 Å². The average Bonchev–Trinajstić information content (AvgIpc) is 2.82. The normalized spacial score (nSPS) is 14.7. The summed E-state index contributed by atoms with van der Waals surface area (Å²) in [4.78, 5) is 24.4. The lowest BCUT2D eigenvalue weighted by atomic mass is 9.95. The first kappa shape index (κ1) is 34.4. The highest BCUT2D eigenvalue weighted by Crippen LogP contribution is 2.42. The van der Waals surface area contributed by atoms with Crippen molar-refractivity contribution in [2.75, 3.05) is 0 Å². The highest BCUT2D eigenvalue weighted by Gasteiger charge is 2.41. The van der Waals surface area contributed by atoms with E-state index in [1.54, 1.807) is 0 Å². The third-order valence-electron chi connectivity index (χ3n) is 5.28. The Bertz CT molecular complexity index is 1340. The molecule has 0 heterocycles. The zero-order valence-electron chi connectivity index (χ0n) is 20.2. The third-order valence-corrected chi connectivity index (χ3v) is 6.48. The SMILES string of the molecule is CC(NC(=O)c1ccc(/C(F)=C/C(c2cc(Cl)c(Cl)c(Cl)c2)C(F)(F)F)cc1C(F)(F)F)C(=O)/C=C/CC(F)(F)F. The number of halogens is 13. The summed E-state index contributed by atoms with van der Waals surface area (Å²) in [6.07, 6.45) is -15.6. The van der Waals surface area contributed by atoms with Crippen molar-refractivity contribution in [3.05, 3.63) is 85.9 Å². The lowest BCUT2D eigenvalue weighted by Crippen LogP contribution is -2.38. The molecule has 0 saturated carbocycles. The molecule has 0 aromatic heterocycles. The average molecular weight is 659 g/mol. The fourth-order valence-electron chi connectivity index (χ4n) is 3.30. The standard InChI is InChI=1S/C25H16Cl3F10NO2/c1-11(20(40)3-2-6-23(30,31)32)39-22(41)14-5-4-12(7-16(14)25(36,37)38)19(29)10-15(24(33,34)35)13-8-17(26)21(28)18(27)9-13/h2-5,7-11,15H,6H2,1H3,(H,39,41)/b3-2+,19-10-. The fraction of sp³-hybridized carbons (Fsp3) is 0.280. The number of rotatable bonds is 8. The Labute approximate surface area is 240 Å². The maximum atomic E-state index is 15.0. The summed E-state index contributed by atoms with van der Waals surface area (Å²) in [5, 5.41) is 0.815. The molecule has 0 radical (unpaired) electrons. The van der Waals surface area contributed by atoms with Gasteiger partial charge in [-0.1, -0.05) is 46.9 Å². The van der Waals surface area contributed by atoms with Gasteiger partial charge in [0.05, 0.1) is 38.7 Å². The molecule has 1 amide bonds. The second-order valence-corrected chi connectivity index (χ2v) is 9.60. The second kappa shape index (κ2) is 13.0. The predicted octanol–water partition coefficient (Wildman–Crippen LogP) is 9.52. The van der Waals surface area contributed by atoms with E-state index >= 15 is 0 Å². The van der Waals surface area contributed by atoms with Crippen molar-refractivity contribution < 1.29 is 53.5 Å². The van der Waals surface area contributed by atoms with E-state index in [-0.39, 0.29) is 17.2 Å². The number of benzene rings is 2. The molecule has 2 aromatic carbocycles. The fourth-order valence-corrected chi connectivity index (χ4v) is 3.91. The van der Waals surface area contributed by atoms with Gasteiger partial charge in [0, 0.05) is 5.56 Å². The van der Waals surface area contributed by atoms with Crippen molar-refractivity contribution in [2.45, 2.75) is 43.8 Å². The van der Waals surface area contributed by atoms with Gasteiger partial charge in [-0.05, 0) is 48.9 Å². The Morgan fingerprint density at radius 3 is 1.98 bits per heavy atom. The van der Waals surface area contributed by atoms with E-state index in [2.05, 4.69) is 0 Å². The molecule has 41 heavy (non-hydrogen) atoms. The van der Waals surface area contributed by atoms with Crippen molar-refractivity contribution in [2.24, 2.45) is 0 Å². The molecule has 2 atom stereocenters. The number of hydrogen-bond acceptors (Lipinski definition) is 2. The van der Waals surface area contributed by atoms with Crippen LogP contribution in [0.1, 0.15) is 46.3 Å². The smallest absolute Gasteiger partial charge is 0.342 e. The summed E-state index contributed by atoms with van der Waals surface area (Å²) in [7, 11) is 0. The van der Waals surface area contributed by atoms with E-state index in [9.17, 15) is 53.5 Å². The van der Waals surface area contributed by atoms with Crippen molar-refractivity contribution in [1.29, 1.82) is 0 Å². The molecule has 0 saturated heterocycles. The number of carbonyl (C=O) groups excluding carboxylic acids is 2. The third kappa shape index (κ3) is 9.64. The van der Waals surface area contributed by atoms with Gasteiger partial charge in [0.2, 0.25) is 0 Å². The number of hydrogen-bond donors (Lipinski definition) is 1. The van der Waals surface area contributed by atoms with Crippen LogP contribution in [0.5, 0.6) is 0 Å². The summed E-state index contributed by atoms with van der Waals surface area (Å²) in [6, 6.07) is 1.11. The second-order valence-electron chi connectivity index (χ2n) is 8.41. The molecule has 2 aromatic rings. The van der Waals surface area contributed by atoms with E-state index in [1.807, 2.05) is 5.32 Å². The Morgan fingerprint density at radius 2 is 1.49 bits per heavy atom. The predicted molar refractivity (Wildman–Crippen MR) is 133 cm³/mol. The first-order valence-electron chi connectivity index (χ1n) is 11.0. The molecule has 16 heteroatoms. The van der Waals surface area contributed by atoms with Crippen molar-refractivity contribution in [3.63, 3.8) is 0 Å². The van der Waals surface area contributed by atoms with Gasteiger partial charge in [-0.2, -0.15) is 39.5 Å². The van der Waals surface area contributed by atoms with E-state index in [4.69, 9.17) is 34.8 Å². The number of carbonyl (C=O) groups is 2. The van der Waals surface area contributed by atoms with Crippen molar-refractivity contribution in [3.8, 4) is 0 Å². The zero-order chi connectivity index (χ0) is 31.5. The van der Waals surface area contributed by atoms with Gasteiger partial charge in [-0.25, -0.2) is 4.39 Å². The van der Waals surface area contributed by atoms with Crippen molar-refractivity contribution in [1.82, 2.24) is 5.32 Å². The summed E-state index contributed by atoms with van der Waals surface area (Å²) in [5.41, 5.74) is -4.53. The highest BCUT2D eigenvalue weighted by atomic mass is 35.5. The van der Waals surface area contributed by atoms with E-state index < -0.39 is 86.7 Å². The maximum absolute atomic E-state index is 15.0. The number of allylic oxidation sites excluding steroid dienone is 2. The van der Waals surface area contributed by atoms with Crippen LogP contribution < -0.4 is 5.32 Å². The van der Waals surface area contributed by atoms with Crippen LogP contribution in [0.4, 0.5) is 43.9 Å². The Balaban J connectivity index is 2.44. The van der Waals surface area contributed by atoms with Crippen LogP contribution in [0.2, 0.25) is 15.1 Å². The summed E-state index contributed by atoms with van der Waals surface area (Å²) >= 11 is 17.2. The van der Waals surface area contributed by atoms with Gasteiger partial charge < -0.3 is 5.32 Å². The molecular formula is C25H16Cl3F10NO2. The largest absolute Gasteiger partial charge is 0.417 e. The minimum atomic E-state index is -5.32. The minimum absolute atomic E-state index is 0.0147. The molecule has 1 N–H and O–H groups in total. The number of alkyl halides is 9. The van der Waals surface area contributed by atoms with E-state index in [0.717, 1.165) is 19.1 Å². The lowest BCUT2D eigenvalue weighted by Gasteiger charge is -2.19. The molecule has 0 aliphatic heterocycles. The molecule has 2 rings (SSSR count). The molecule has 224 valence electrons. The molecule has 3 nitrogen and oxygen atoms in total. The number of ketones is 1. The van der Waals surface area contributed by atoms with Crippen molar-refractivity contribution >= 4 is 52.3 Å². The summed E-state index contributed by atoms with van der Waals surface area (Å²) < 4.78 is 134. The van der Waals surface area contributed by atoms with E-state index in [0.29, 0.717) is 24.3 Å². The van der Waals surface area contributed by atoms with Gasteiger partial charge in [-0.3, -0.25) is 9.59 Å². The van der Waals surface area contributed by atoms with Crippen LogP contribution in [0, 0.1) is 0 Å². The number of amides is 1. The van der Waals surface area contributed by atoms with Crippen LogP contribution in [-0.4, -0.2) is 30.1 Å². The monoisotopic (exact) mass is 657 g/mol. The van der Waals surface area contributed by atoms with Gasteiger partial charge in [0.1, 0.15) is 11.7 Å². The molecule has 0 aliphatic carbocycles.